The predicted octanol–water partition coefficient (Wildman–Crippen LogP) is 6.89. The van der Waals surface area contributed by atoms with Gasteiger partial charge in [-0.2, -0.15) is 0 Å². The molecule has 0 aliphatic heterocycles. The van der Waals surface area contributed by atoms with Crippen LogP contribution in [-0.2, 0) is 16.0 Å². The molecule has 0 unspecified atom stereocenters. The Hall–Kier alpha value is -1.57. The van der Waals surface area contributed by atoms with Gasteiger partial charge in [-0.05, 0) is 44.1 Å². The summed E-state index contributed by atoms with van der Waals surface area (Å²) in [4.78, 5) is 10.5. The molecule has 0 bridgehead atoms. The maximum atomic E-state index is 10.5. The van der Waals surface area contributed by atoms with Crippen LogP contribution in [0.25, 0.3) is 0 Å². The summed E-state index contributed by atoms with van der Waals surface area (Å²) in [6.07, 6.45) is 19.4. The van der Waals surface area contributed by atoms with Gasteiger partial charge in [0, 0.05) is 6.42 Å². The number of allylic oxidation sites excluding steroid dienone is 2. The normalized spacial score (nSPS) is 14.2. The molecule has 2 rings (SSSR count). The van der Waals surface area contributed by atoms with E-state index in [9.17, 15) is 4.79 Å². The van der Waals surface area contributed by atoms with Gasteiger partial charge in [-0.1, -0.05) is 87.4 Å². The minimum Gasteiger partial charge on any atom is -0.469 e. The highest BCUT2D eigenvalue weighted by Crippen LogP contribution is 2.29. The van der Waals surface area contributed by atoms with E-state index in [1.54, 1.807) is 0 Å². The Bertz CT molecular complexity index is 472. The number of unbranched alkanes of at least 4 members (excludes halogenated alkanes) is 3. The summed E-state index contributed by atoms with van der Waals surface area (Å²) in [7, 11) is 1.41. The molecule has 0 heterocycles. The van der Waals surface area contributed by atoms with Crippen LogP contribution in [0, 0.1) is 5.92 Å². The Morgan fingerprint density at radius 1 is 1.08 bits per heavy atom. The predicted molar refractivity (Wildman–Crippen MR) is 111 cm³/mol. The maximum absolute atomic E-state index is 10.5. The van der Waals surface area contributed by atoms with Crippen LogP contribution in [0.5, 0.6) is 0 Å². The average Bonchev–Trinajstić information content (AvgIpc) is 3.20. The first-order valence-corrected chi connectivity index (χ1v) is 10.5. The van der Waals surface area contributed by atoms with Crippen molar-refractivity contribution >= 4 is 5.97 Å². The fourth-order valence-electron chi connectivity index (χ4n) is 3.52. The second-order valence-corrected chi connectivity index (χ2v) is 7.27. The monoisotopic (exact) mass is 358 g/mol. The van der Waals surface area contributed by atoms with Crippen LogP contribution < -0.4 is 0 Å². The molecule has 1 aromatic rings. The quantitative estimate of drug-likeness (QED) is 0.259. The summed E-state index contributed by atoms with van der Waals surface area (Å²) in [5.74, 6) is 0.959. The van der Waals surface area contributed by atoms with E-state index in [4.69, 9.17) is 0 Å². The summed E-state index contributed by atoms with van der Waals surface area (Å²) < 4.78 is 4.47. The van der Waals surface area contributed by atoms with Crippen LogP contribution in [0.1, 0.15) is 83.1 Å². The first-order chi connectivity index (χ1) is 12.8. The zero-order chi connectivity index (χ0) is 18.9. The topological polar surface area (TPSA) is 26.3 Å². The number of rotatable bonds is 10. The second kappa shape index (κ2) is 15.7. The van der Waals surface area contributed by atoms with Crippen molar-refractivity contribution in [2.45, 2.75) is 84.0 Å². The third-order valence-electron chi connectivity index (χ3n) is 5.11. The summed E-state index contributed by atoms with van der Waals surface area (Å²) in [5, 5.41) is 0. The van der Waals surface area contributed by atoms with Crippen LogP contribution >= 0.6 is 0 Å². The molecule has 1 aromatic carbocycles. The third kappa shape index (κ3) is 11.9. The lowest BCUT2D eigenvalue weighted by Gasteiger charge is -2.07. The van der Waals surface area contributed by atoms with Gasteiger partial charge in [0.25, 0.3) is 0 Å². The zero-order valence-electron chi connectivity index (χ0n) is 16.9. The lowest BCUT2D eigenvalue weighted by atomic mass is 9.98. The van der Waals surface area contributed by atoms with Gasteiger partial charge < -0.3 is 4.74 Å². The van der Waals surface area contributed by atoms with Crippen LogP contribution in [-0.4, -0.2) is 13.1 Å². The number of aryl methyl sites for hydroxylation is 1. The SMILES string of the molecule is C/C=C\CCCC(=O)OC.c1ccc(CCCCCC2CCCC2)cc1. The molecule has 0 atom stereocenters. The third-order valence-corrected chi connectivity index (χ3v) is 5.11. The maximum Gasteiger partial charge on any atom is 0.305 e. The number of esters is 1. The van der Waals surface area contributed by atoms with Gasteiger partial charge in [0.2, 0.25) is 0 Å². The van der Waals surface area contributed by atoms with Crippen molar-refractivity contribution in [3.8, 4) is 0 Å². The fraction of sp³-hybridized carbons (Fsp3) is 0.625. The molecule has 0 aromatic heterocycles. The smallest absolute Gasteiger partial charge is 0.305 e. The van der Waals surface area contributed by atoms with Gasteiger partial charge in [-0.15, -0.1) is 0 Å². The molecule has 1 saturated carbocycles. The molecule has 1 aliphatic carbocycles. The largest absolute Gasteiger partial charge is 0.469 e. The number of methoxy groups -OCH3 is 1. The van der Waals surface area contributed by atoms with Crippen molar-refractivity contribution < 1.29 is 9.53 Å². The van der Waals surface area contributed by atoms with Crippen LogP contribution in [0.4, 0.5) is 0 Å². The molecule has 0 radical (unpaired) electrons. The number of carbonyl (C=O) groups excluding carboxylic acids is 1. The molecule has 146 valence electrons. The van der Waals surface area contributed by atoms with Crippen molar-refractivity contribution in [3.63, 3.8) is 0 Å². The highest BCUT2D eigenvalue weighted by molar-refractivity contribution is 5.68. The molecule has 0 amide bonds. The number of hydrogen-bond donors (Lipinski definition) is 0. The zero-order valence-corrected chi connectivity index (χ0v) is 16.9. The van der Waals surface area contributed by atoms with E-state index in [-0.39, 0.29) is 5.97 Å². The lowest BCUT2D eigenvalue weighted by molar-refractivity contribution is -0.140. The molecule has 0 N–H and O–H groups in total. The van der Waals surface area contributed by atoms with E-state index in [2.05, 4.69) is 35.1 Å². The van der Waals surface area contributed by atoms with E-state index < -0.39 is 0 Å². The van der Waals surface area contributed by atoms with Crippen molar-refractivity contribution in [1.29, 1.82) is 0 Å². The van der Waals surface area contributed by atoms with Gasteiger partial charge in [-0.25, -0.2) is 0 Å². The standard InChI is InChI=1S/C16H24.C8H14O2/c1-3-9-15(10-4-1)11-5-2-6-12-16-13-7-8-14-16;1-3-4-5-6-7-8(9)10-2/h1,3-4,9-10,16H,2,5-8,11-14H2;3-4H,5-7H2,1-2H3/b;4-3-. The van der Waals surface area contributed by atoms with Gasteiger partial charge in [-0.3, -0.25) is 4.79 Å². The summed E-state index contributed by atoms with van der Waals surface area (Å²) in [6.45, 7) is 1.97. The van der Waals surface area contributed by atoms with Crippen molar-refractivity contribution in [2.24, 2.45) is 5.92 Å². The van der Waals surface area contributed by atoms with Crippen LogP contribution in [0.3, 0.4) is 0 Å². The first kappa shape index (κ1) is 22.5. The van der Waals surface area contributed by atoms with Crippen molar-refractivity contribution in [2.75, 3.05) is 7.11 Å². The molecule has 0 saturated heterocycles. The Balaban J connectivity index is 0.000000294. The van der Waals surface area contributed by atoms with Crippen LogP contribution in [0.2, 0.25) is 0 Å². The Morgan fingerprint density at radius 2 is 1.81 bits per heavy atom. The van der Waals surface area contributed by atoms with E-state index >= 15 is 0 Å². The van der Waals surface area contributed by atoms with Gasteiger partial charge >= 0.3 is 5.97 Å². The van der Waals surface area contributed by atoms with Gasteiger partial charge in [0.15, 0.2) is 0 Å². The highest BCUT2D eigenvalue weighted by atomic mass is 16.5. The molecule has 26 heavy (non-hydrogen) atoms. The summed E-state index contributed by atoms with van der Waals surface area (Å²) >= 11 is 0. The molecule has 1 fully saturated rings. The molecule has 2 nitrogen and oxygen atoms in total. The number of hydrogen-bond acceptors (Lipinski definition) is 2. The Morgan fingerprint density at radius 3 is 2.46 bits per heavy atom. The molecular weight excluding hydrogens is 320 g/mol. The number of ether oxygens (including phenoxy) is 1. The molecule has 1 aliphatic rings. The Kier molecular flexibility index (Phi) is 13.5. The van der Waals surface area contributed by atoms with Crippen molar-refractivity contribution in [3.05, 3.63) is 48.0 Å². The number of carbonyl (C=O) groups is 1. The van der Waals surface area contributed by atoms with Gasteiger partial charge in [0.05, 0.1) is 7.11 Å². The highest BCUT2D eigenvalue weighted by Gasteiger charge is 2.13. The van der Waals surface area contributed by atoms with E-state index in [0.29, 0.717) is 6.42 Å². The van der Waals surface area contributed by atoms with E-state index in [1.807, 2.05) is 19.1 Å². The van der Waals surface area contributed by atoms with Crippen molar-refractivity contribution in [1.82, 2.24) is 0 Å². The minimum absolute atomic E-state index is 0.121. The molecular formula is C24H38O2. The average molecular weight is 359 g/mol. The van der Waals surface area contributed by atoms with E-state index in [0.717, 1.165) is 18.8 Å². The summed E-state index contributed by atoms with van der Waals surface area (Å²) in [6, 6.07) is 10.9. The Labute approximate surface area is 161 Å². The van der Waals surface area contributed by atoms with E-state index in [1.165, 1.54) is 70.5 Å². The molecule has 2 heteroatoms. The van der Waals surface area contributed by atoms with Crippen LogP contribution in [0.15, 0.2) is 42.5 Å². The lowest BCUT2D eigenvalue weighted by Crippen LogP contribution is -1.98. The van der Waals surface area contributed by atoms with Gasteiger partial charge in [0.1, 0.15) is 0 Å². The fourth-order valence-corrected chi connectivity index (χ4v) is 3.52. The second-order valence-electron chi connectivity index (χ2n) is 7.27. The minimum atomic E-state index is -0.121. The molecule has 0 spiro atoms. The summed E-state index contributed by atoms with van der Waals surface area (Å²) in [5.41, 5.74) is 1.50. The first-order valence-electron chi connectivity index (χ1n) is 10.5. The number of benzene rings is 1.